The topological polar surface area (TPSA) is 57.7 Å². The average molecular weight is 367 g/mol. The van der Waals surface area contributed by atoms with E-state index in [1.165, 1.54) is 4.90 Å². The number of rotatable bonds is 6. The minimum atomic E-state index is -3.59. The number of anilines is 1. The normalized spacial score (nSPS) is 11.1. The molecule has 2 aromatic carbocycles. The molecule has 0 aromatic heterocycles. The first-order chi connectivity index (χ1) is 11.3. The Labute approximate surface area is 147 Å². The van der Waals surface area contributed by atoms with Gasteiger partial charge in [-0.3, -0.25) is 9.10 Å². The molecule has 0 fully saturated rings. The fraction of sp³-hybridized carbons (Fsp3) is 0.235. The fourth-order valence-corrected chi connectivity index (χ4v) is 3.17. The van der Waals surface area contributed by atoms with Crippen LogP contribution in [-0.4, -0.2) is 39.1 Å². The van der Waals surface area contributed by atoms with Crippen LogP contribution in [0.15, 0.2) is 54.6 Å². The van der Waals surface area contributed by atoms with Gasteiger partial charge in [-0.1, -0.05) is 41.9 Å². The maximum atomic E-state index is 12.4. The number of carbonyl (C=O) groups excluding carboxylic acids is 1. The molecule has 128 valence electrons. The van der Waals surface area contributed by atoms with Crippen LogP contribution in [0.4, 0.5) is 5.69 Å². The summed E-state index contributed by atoms with van der Waals surface area (Å²) in [4.78, 5) is 13.9. The zero-order chi connectivity index (χ0) is 17.7. The number of carbonyl (C=O) groups is 1. The van der Waals surface area contributed by atoms with Gasteiger partial charge in [-0.2, -0.15) is 0 Å². The average Bonchev–Trinajstić information content (AvgIpc) is 2.53. The van der Waals surface area contributed by atoms with Crippen LogP contribution in [0.3, 0.4) is 0 Å². The van der Waals surface area contributed by atoms with Gasteiger partial charge in [0, 0.05) is 18.6 Å². The van der Waals surface area contributed by atoms with Gasteiger partial charge in [-0.05, 0) is 29.8 Å². The zero-order valence-electron chi connectivity index (χ0n) is 13.5. The summed E-state index contributed by atoms with van der Waals surface area (Å²) in [5, 5.41) is 0.500. The Morgan fingerprint density at radius 2 is 1.62 bits per heavy atom. The first-order valence-electron chi connectivity index (χ1n) is 7.28. The molecule has 0 aliphatic carbocycles. The number of likely N-dealkylation sites (N-methyl/N-ethyl adjacent to an activating group) is 1. The lowest BCUT2D eigenvalue weighted by molar-refractivity contribution is -0.128. The van der Waals surface area contributed by atoms with Gasteiger partial charge < -0.3 is 4.90 Å². The molecule has 0 saturated heterocycles. The highest BCUT2D eigenvalue weighted by molar-refractivity contribution is 7.92. The standard InChI is InChI=1S/C17H19ClN2O3S/c1-19(12-14-6-4-3-5-7-14)17(21)13-20(24(2,22)23)16-10-8-15(18)9-11-16/h3-11H,12-13H2,1-2H3. The van der Waals surface area contributed by atoms with Crippen molar-refractivity contribution in [3.63, 3.8) is 0 Å². The molecule has 0 spiro atoms. The summed E-state index contributed by atoms with van der Waals surface area (Å²) >= 11 is 5.83. The highest BCUT2D eigenvalue weighted by Gasteiger charge is 2.22. The SMILES string of the molecule is CN(Cc1ccccc1)C(=O)CN(c1ccc(Cl)cc1)S(C)(=O)=O. The second-order valence-corrected chi connectivity index (χ2v) is 7.82. The van der Waals surface area contributed by atoms with Gasteiger partial charge >= 0.3 is 0 Å². The molecular weight excluding hydrogens is 348 g/mol. The molecule has 0 aliphatic heterocycles. The molecule has 0 heterocycles. The van der Waals surface area contributed by atoms with Crippen molar-refractivity contribution in [3.05, 3.63) is 65.2 Å². The summed E-state index contributed by atoms with van der Waals surface area (Å²) < 4.78 is 25.2. The van der Waals surface area contributed by atoms with Gasteiger partial charge in [0.05, 0.1) is 11.9 Å². The predicted molar refractivity (Wildman–Crippen MR) is 96.6 cm³/mol. The third-order valence-electron chi connectivity index (χ3n) is 3.48. The summed E-state index contributed by atoms with van der Waals surface area (Å²) in [5.74, 6) is -0.292. The number of nitrogens with zero attached hydrogens (tertiary/aromatic N) is 2. The van der Waals surface area contributed by atoms with Crippen molar-refractivity contribution in [2.24, 2.45) is 0 Å². The van der Waals surface area contributed by atoms with Crippen LogP contribution < -0.4 is 4.31 Å². The summed E-state index contributed by atoms with van der Waals surface area (Å²) in [6.07, 6.45) is 1.08. The second kappa shape index (κ2) is 7.68. The summed E-state index contributed by atoms with van der Waals surface area (Å²) in [6.45, 7) is 0.154. The summed E-state index contributed by atoms with van der Waals surface area (Å²) in [5.41, 5.74) is 1.38. The van der Waals surface area contributed by atoms with Crippen molar-refractivity contribution >= 4 is 33.2 Å². The molecule has 0 bridgehead atoms. The van der Waals surface area contributed by atoms with Gasteiger partial charge in [0.1, 0.15) is 6.54 Å². The van der Waals surface area contributed by atoms with E-state index >= 15 is 0 Å². The Morgan fingerprint density at radius 3 is 2.17 bits per heavy atom. The number of sulfonamides is 1. The quantitative estimate of drug-likeness (QED) is 0.789. The van der Waals surface area contributed by atoms with Crippen LogP contribution in [0, 0.1) is 0 Å². The maximum absolute atomic E-state index is 12.4. The minimum absolute atomic E-state index is 0.260. The first kappa shape index (κ1) is 18.3. The Balaban J connectivity index is 2.14. The molecule has 0 N–H and O–H groups in total. The van der Waals surface area contributed by atoms with Crippen LogP contribution in [0.1, 0.15) is 5.56 Å². The van der Waals surface area contributed by atoms with E-state index in [-0.39, 0.29) is 12.5 Å². The van der Waals surface area contributed by atoms with E-state index in [0.29, 0.717) is 17.3 Å². The van der Waals surface area contributed by atoms with E-state index in [4.69, 9.17) is 11.6 Å². The van der Waals surface area contributed by atoms with Crippen molar-refractivity contribution < 1.29 is 13.2 Å². The van der Waals surface area contributed by atoms with Crippen LogP contribution in [-0.2, 0) is 21.4 Å². The number of benzene rings is 2. The third kappa shape index (κ3) is 4.97. The van der Waals surface area contributed by atoms with E-state index in [1.54, 1.807) is 31.3 Å². The first-order valence-corrected chi connectivity index (χ1v) is 9.51. The zero-order valence-corrected chi connectivity index (χ0v) is 15.1. The van der Waals surface area contributed by atoms with E-state index in [0.717, 1.165) is 16.1 Å². The lowest BCUT2D eigenvalue weighted by Gasteiger charge is -2.25. The molecule has 7 heteroatoms. The molecule has 1 amide bonds. The Kier molecular flexibility index (Phi) is 5.85. The monoisotopic (exact) mass is 366 g/mol. The molecule has 24 heavy (non-hydrogen) atoms. The Morgan fingerprint density at radius 1 is 1.04 bits per heavy atom. The number of hydrogen-bond acceptors (Lipinski definition) is 3. The summed E-state index contributed by atoms with van der Waals surface area (Å²) in [7, 11) is -1.94. The minimum Gasteiger partial charge on any atom is -0.340 e. The van der Waals surface area contributed by atoms with Crippen LogP contribution in [0.5, 0.6) is 0 Å². The van der Waals surface area contributed by atoms with Crippen molar-refractivity contribution in [1.82, 2.24) is 4.90 Å². The predicted octanol–water partition coefficient (Wildman–Crippen LogP) is 2.76. The van der Waals surface area contributed by atoms with Crippen LogP contribution >= 0.6 is 11.6 Å². The van der Waals surface area contributed by atoms with E-state index in [2.05, 4.69) is 0 Å². The molecule has 5 nitrogen and oxygen atoms in total. The molecule has 0 aliphatic rings. The van der Waals surface area contributed by atoms with Gasteiger partial charge in [0.2, 0.25) is 15.9 Å². The molecule has 2 aromatic rings. The van der Waals surface area contributed by atoms with E-state index in [1.807, 2.05) is 30.3 Å². The van der Waals surface area contributed by atoms with Crippen LogP contribution in [0.2, 0.25) is 5.02 Å². The lowest BCUT2D eigenvalue weighted by Crippen LogP contribution is -2.41. The molecule has 0 radical (unpaired) electrons. The molecule has 0 atom stereocenters. The molecule has 0 saturated carbocycles. The molecule has 0 unspecified atom stereocenters. The molecular formula is C17H19ClN2O3S. The summed E-state index contributed by atoms with van der Waals surface area (Å²) in [6, 6.07) is 15.8. The van der Waals surface area contributed by atoms with Crippen molar-refractivity contribution in [3.8, 4) is 0 Å². The van der Waals surface area contributed by atoms with Crippen molar-refractivity contribution in [2.45, 2.75) is 6.54 Å². The highest BCUT2D eigenvalue weighted by atomic mass is 35.5. The largest absolute Gasteiger partial charge is 0.340 e. The van der Waals surface area contributed by atoms with Gasteiger partial charge in [0.25, 0.3) is 0 Å². The number of amides is 1. The Hall–Kier alpha value is -2.05. The fourth-order valence-electron chi connectivity index (χ4n) is 2.20. The smallest absolute Gasteiger partial charge is 0.243 e. The molecule has 2 rings (SSSR count). The van der Waals surface area contributed by atoms with Gasteiger partial charge in [-0.15, -0.1) is 0 Å². The van der Waals surface area contributed by atoms with Gasteiger partial charge in [-0.25, -0.2) is 8.42 Å². The van der Waals surface area contributed by atoms with E-state index in [9.17, 15) is 13.2 Å². The Bertz CT molecular complexity index is 792. The highest BCUT2D eigenvalue weighted by Crippen LogP contribution is 2.20. The van der Waals surface area contributed by atoms with Gasteiger partial charge in [0.15, 0.2) is 0 Å². The van der Waals surface area contributed by atoms with Crippen molar-refractivity contribution in [1.29, 1.82) is 0 Å². The number of hydrogen-bond donors (Lipinski definition) is 0. The second-order valence-electron chi connectivity index (χ2n) is 5.48. The van der Waals surface area contributed by atoms with Crippen LogP contribution in [0.25, 0.3) is 0 Å². The maximum Gasteiger partial charge on any atom is 0.243 e. The third-order valence-corrected chi connectivity index (χ3v) is 4.87. The van der Waals surface area contributed by atoms with E-state index < -0.39 is 10.0 Å². The lowest BCUT2D eigenvalue weighted by atomic mass is 10.2. The number of halogens is 1. The van der Waals surface area contributed by atoms with Crippen molar-refractivity contribution in [2.75, 3.05) is 24.2 Å².